The van der Waals surface area contributed by atoms with Crippen molar-refractivity contribution in [3.8, 4) is 0 Å². The summed E-state index contributed by atoms with van der Waals surface area (Å²) in [5.41, 5.74) is 0. The van der Waals surface area contributed by atoms with Crippen LogP contribution in [0.3, 0.4) is 0 Å². The Labute approximate surface area is 75.3 Å². The van der Waals surface area contributed by atoms with Gasteiger partial charge >= 0.3 is 0 Å². The van der Waals surface area contributed by atoms with Crippen molar-refractivity contribution in [1.29, 1.82) is 0 Å². The predicted octanol–water partition coefficient (Wildman–Crippen LogP) is 1.08. The number of nitrogens with zero attached hydrogens (tertiary/aromatic N) is 1. The lowest BCUT2D eigenvalue weighted by molar-refractivity contribution is 0.230. The van der Waals surface area contributed by atoms with Gasteiger partial charge in [0.1, 0.15) is 0 Å². The third-order valence-corrected chi connectivity index (χ3v) is 3.51. The highest BCUT2D eigenvalue weighted by Crippen LogP contribution is 2.36. The van der Waals surface area contributed by atoms with Crippen LogP contribution in [-0.2, 0) is 0 Å². The Morgan fingerprint density at radius 3 is 2.58 bits per heavy atom. The smallest absolute Gasteiger partial charge is 0.0204 e. The molecule has 2 rings (SSSR count). The van der Waals surface area contributed by atoms with Crippen LogP contribution in [0.4, 0.5) is 0 Å². The van der Waals surface area contributed by atoms with Crippen LogP contribution < -0.4 is 5.32 Å². The molecule has 0 amide bonds. The summed E-state index contributed by atoms with van der Waals surface area (Å²) in [4.78, 5) is 2.65. The van der Waals surface area contributed by atoms with E-state index in [9.17, 15) is 0 Å². The van der Waals surface area contributed by atoms with E-state index in [1.54, 1.807) is 0 Å². The van der Waals surface area contributed by atoms with E-state index >= 15 is 0 Å². The Bertz CT molecular complexity index is 154. The van der Waals surface area contributed by atoms with Gasteiger partial charge in [0.2, 0.25) is 0 Å². The molecule has 1 aliphatic carbocycles. The fourth-order valence-corrected chi connectivity index (χ4v) is 2.27. The van der Waals surface area contributed by atoms with Crippen molar-refractivity contribution in [1.82, 2.24) is 10.2 Å². The number of likely N-dealkylation sites (N-methyl/N-ethyl adjacent to an activating group) is 1. The quantitative estimate of drug-likeness (QED) is 0.678. The van der Waals surface area contributed by atoms with Crippen molar-refractivity contribution >= 4 is 0 Å². The minimum absolute atomic E-state index is 0.756. The molecular formula is C10H20N2. The van der Waals surface area contributed by atoms with Crippen LogP contribution in [0.15, 0.2) is 0 Å². The summed E-state index contributed by atoms with van der Waals surface area (Å²) >= 11 is 0. The molecule has 0 aromatic carbocycles. The van der Waals surface area contributed by atoms with E-state index in [1.165, 1.54) is 32.4 Å². The first-order chi connectivity index (χ1) is 5.81. The second kappa shape index (κ2) is 3.35. The zero-order valence-electron chi connectivity index (χ0n) is 8.21. The molecule has 0 aromatic rings. The third-order valence-electron chi connectivity index (χ3n) is 3.51. The lowest BCUT2D eigenvalue weighted by Crippen LogP contribution is -2.35. The lowest BCUT2D eigenvalue weighted by atomic mass is 10.2. The topological polar surface area (TPSA) is 15.3 Å². The third kappa shape index (κ3) is 1.64. The first kappa shape index (κ1) is 8.52. The molecule has 12 heavy (non-hydrogen) atoms. The molecule has 2 heteroatoms. The SMILES string of the molecule is CNC1CCN(C(C)C2CC2)C1. The summed E-state index contributed by atoms with van der Waals surface area (Å²) in [6, 6.07) is 1.61. The van der Waals surface area contributed by atoms with Crippen LogP contribution in [0, 0.1) is 5.92 Å². The molecule has 0 bridgehead atoms. The number of rotatable bonds is 3. The Morgan fingerprint density at radius 2 is 2.08 bits per heavy atom. The highest BCUT2D eigenvalue weighted by molar-refractivity contribution is 4.90. The number of likely N-dealkylation sites (tertiary alicyclic amines) is 1. The summed E-state index contributed by atoms with van der Waals surface area (Å²) in [5, 5.41) is 3.37. The van der Waals surface area contributed by atoms with Gasteiger partial charge in [0.05, 0.1) is 0 Å². The first-order valence-electron chi connectivity index (χ1n) is 5.22. The number of hydrogen-bond donors (Lipinski definition) is 1. The Hall–Kier alpha value is -0.0800. The van der Waals surface area contributed by atoms with Crippen molar-refractivity contribution in [3.63, 3.8) is 0 Å². The van der Waals surface area contributed by atoms with E-state index in [-0.39, 0.29) is 0 Å². The molecule has 2 atom stereocenters. The van der Waals surface area contributed by atoms with Gasteiger partial charge in [-0.15, -0.1) is 0 Å². The van der Waals surface area contributed by atoms with Crippen molar-refractivity contribution in [2.45, 2.75) is 38.3 Å². The minimum Gasteiger partial charge on any atom is -0.316 e. The second-order valence-electron chi connectivity index (χ2n) is 4.35. The van der Waals surface area contributed by atoms with E-state index in [1.807, 2.05) is 0 Å². The normalized spacial score (nSPS) is 34.0. The van der Waals surface area contributed by atoms with Gasteiger partial charge < -0.3 is 5.32 Å². The zero-order chi connectivity index (χ0) is 8.55. The Morgan fingerprint density at radius 1 is 1.33 bits per heavy atom. The summed E-state index contributed by atoms with van der Waals surface area (Å²) in [7, 11) is 2.08. The molecule has 2 nitrogen and oxygen atoms in total. The van der Waals surface area contributed by atoms with E-state index in [0.29, 0.717) is 0 Å². The predicted molar refractivity (Wildman–Crippen MR) is 51.2 cm³/mol. The summed E-state index contributed by atoms with van der Waals surface area (Å²) in [6.07, 6.45) is 4.29. The molecule has 2 aliphatic rings. The molecule has 1 aliphatic heterocycles. The van der Waals surface area contributed by atoms with Crippen LogP contribution in [0.1, 0.15) is 26.2 Å². The van der Waals surface area contributed by atoms with Gasteiger partial charge in [-0.25, -0.2) is 0 Å². The molecule has 2 unspecified atom stereocenters. The minimum atomic E-state index is 0.756. The fourth-order valence-electron chi connectivity index (χ4n) is 2.27. The molecule has 0 spiro atoms. The molecule has 1 saturated heterocycles. The second-order valence-corrected chi connectivity index (χ2v) is 4.35. The maximum atomic E-state index is 3.37. The lowest BCUT2D eigenvalue weighted by Gasteiger charge is -2.23. The van der Waals surface area contributed by atoms with E-state index in [2.05, 4.69) is 24.2 Å². The van der Waals surface area contributed by atoms with Gasteiger partial charge in [-0.2, -0.15) is 0 Å². The highest BCUT2D eigenvalue weighted by Gasteiger charge is 2.34. The Kier molecular flexibility index (Phi) is 2.37. The van der Waals surface area contributed by atoms with E-state index in [0.717, 1.165) is 18.0 Å². The number of hydrogen-bond acceptors (Lipinski definition) is 2. The summed E-state index contributed by atoms with van der Waals surface area (Å²) in [5.74, 6) is 1.03. The van der Waals surface area contributed by atoms with Gasteiger partial charge in [0.15, 0.2) is 0 Å². The first-order valence-corrected chi connectivity index (χ1v) is 5.22. The van der Waals surface area contributed by atoms with Gasteiger partial charge in [-0.1, -0.05) is 0 Å². The molecule has 0 radical (unpaired) electrons. The maximum absolute atomic E-state index is 3.37. The van der Waals surface area contributed by atoms with Crippen molar-refractivity contribution < 1.29 is 0 Å². The summed E-state index contributed by atoms with van der Waals surface area (Å²) < 4.78 is 0. The molecule has 2 fully saturated rings. The molecule has 0 aromatic heterocycles. The molecule has 1 heterocycles. The van der Waals surface area contributed by atoms with Crippen LogP contribution in [0.25, 0.3) is 0 Å². The van der Waals surface area contributed by atoms with Crippen LogP contribution in [0.2, 0.25) is 0 Å². The molecule has 1 N–H and O–H groups in total. The van der Waals surface area contributed by atoms with E-state index in [4.69, 9.17) is 0 Å². The molecule has 1 saturated carbocycles. The Balaban J connectivity index is 1.81. The molecule has 70 valence electrons. The molecular weight excluding hydrogens is 148 g/mol. The van der Waals surface area contributed by atoms with Crippen LogP contribution in [0.5, 0.6) is 0 Å². The fraction of sp³-hybridized carbons (Fsp3) is 1.00. The average Bonchev–Trinajstić information content (AvgIpc) is 2.82. The maximum Gasteiger partial charge on any atom is 0.0204 e. The van der Waals surface area contributed by atoms with E-state index < -0.39 is 0 Å². The zero-order valence-corrected chi connectivity index (χ0v) is 8.21. The van der Waals surface area contributed by atoms with Gasteiger partial charge in [0.25, 0.3) is 0 Å². The van der Waals surface area contributed by atoms with Gasteiger partial charge in [0, 0.05) is 25.2 Å². The van der Waals surface area contributed by atoms with Crippen molar-refractivity contribution in [2.24, 2.45) is 5.92 Å². The highest BCUT2D eigenvalue weighted by atomic mass is 15.2. The summed E-state index contributed by atoms with van der Waals surface area (Å²) in [6.45, 7) is 4.98. The average molecular weight is 168 g/mol. The van der Waals surface area contributed by atoms with Crippen molar-refractivity contribution in [2.75, 3.05) is 20.1 Å². The standard InChI is InChI=1S/C10H20N2/c1-8(9-3-4-9)12-6-5-10(7-12)11-2/h8-11H,3-7H2,1-2H3. The largest absolute Gasteiger partial charge is 0.316 e. The van der Waals surface area contributed by atoms with Crippen LogP contribution in [-0.4, -0.2) is 37.1 Å². The van der Waals surface area contributed by atoms with Gasteiger partial charge in [-0.3, -0.25) is 4.90 Å². The monoisotopic (exact) mass is 168 g/mol. The van der Waals surface area contributed by atoms with Gasteiger partial charge in [-0.05, 0) is 39.2 Å². The number of nitrogens with one attached hydrogen (secondary N) is 1. The van der Waals surface area contributed by atoms with Crippen LogP contribution >= 0.6 is 0 Å². The van der Waals surface area contributed by atoms with Crippen molar-refractivity contribution in [3.05, 3.63) is 0 Å².